The van der Waals surface area contributed by atoms with Crippen LogP contribution >= 0.6 is 0 Å². The Kier molecular flexibility index (Phi) is 5.79. The van der Waals surface area contributed by atoms with Crippen LogP contribution in [0.5, 0.6) is 0 Å². The van der Waals surface area contributed by atoms with Crippen LogP contribution in [0, 0.1) is 0 Å². The van der Waals surface area contributed by atoms with Crippen molar-refractivity contribution in [3.05, 3.63) is 152 Å². The maximum Gasteiger partial charge on any atom is 0.160 e. The number of fused-ring (bicyclic) bond motifs is 4. The summed E-state index contributed by atoms with van der Waals surface area (Å²) in [6.45, 7) is 0. The van der Waals surface area contributed by atoms with Crippen LogP contribution in [0.15, 0.2) is 152 Å². The zero-order valence-electron chi connectivity index (χ0n) is 22.8. The van der Waals surface area contributed by atoms with Crippen molar-refractivity contribution in [1.82, 2.24) is 15.0 Å². The van der Waals surface area contributed by atoms with Gasteiger partial charge in [0, 0.05) is 33.5 Å². The van der Waals surface area contributed by atoms with Gasteiger partial charge in [-0.25, -0.2) is 9.97 Å². The highest BCUT2D eigenvalue weighted by Crippen LogP contribution is 2.32. The van der Waals surface area contributed by atoms with Crippen LogP contribution in [0.2, 0.25) is 0 Å². The summed E-state index contributed by atoms with van der Waals surface area (Å²) in [6, 6.07) is 50.7. The molecule has 3 heteroatoms. The Balaban J connectivity index is 1.10. The molecule has 0 bridgehead atoms. The first-order valence-electron chi connectivity index (χ1n) is 14.1. The number of aromatic nitrogens is 3. The number of hydrogen-bond acceptors (Lipinski definition) is 3. The van der Waals surface area contributed by atoms with E-state index < -0.39 is 0 Å². The number of hydrogen-bond donors (Lipinski definition) is 0. The molecule has 0 spiro atoms. The van der Waals surface area contributed by atoms with E-state index in [4.69, 9.17) is 15.0 Å². The minimum atomic E-state index is 0.729. The van der Waals surface area contributed by atoms with Crippen LogP contribution in [0.1, 0.15) is 0 Å². The highest BCUT2D eigenvalue weighted by molar-refractivity contribution is 6.06. The van der Waals surface area contributed by atoms with Crippen molar-refractivity contribution >= 4 is 32.6 Å². The van der Waals surface area contributed by atoms with Gasteiger partial charge in [-0.2, -0.15) is 0 Å². The second kappa shape index (κ2) is 10.1. The van der Waals surface area contributed by atoms with E-state index in [9.17, 15) is 0 Å². The number of para-hydroxylation sites is 1. The van der Waals surface area contributed by atoms with Crippen molar-refractivity contribution in [2.45, 2.75) is 0 Å². The Bertz CT molecular complexity index is 2220. The zero-order chi connectivity index (χ0) is 27.9. The van der Waals surface area contributed by atoms with Crippen LogP contribution in [-0.2, 0) is 0 Å². The van der Waals surface area contributed by atoms with Gasteiger partial charge in [0.05, 0.1) is 16.7 Å². The molecule has 3 nitrogen and oxygen atoms in total. The molecule has 2 aromatic heterocycles. The minimum Gasteiger partial charge on any atom is -0.256 e. The van der Waals surface area contributed by atoms with E-state index in [1.54, 1.807) is 0 Å². The van der Waals surface area contributed by atoms with Gasteiger partial charge in [0.25, 0.3) is 0 Å². The number of benzene rings is 6. The highest BCUT2D eigenvalue weighted by Gasteiger charge is 2.12. The van der Waals surface area contributed by atoms with Crippen molar-refractivity contribution in [1.29, 1.82) is 0 Å². The molecule has 0 unspecified atom stereocenters. The summed E-state index contributed by atoms with van der Waals surface area (Å²) in [4.78, 5) is 14.6. The first kappa shape index (κ1) is 24.2. The molecule has 0 atom stereocenters. The minimum absolute atomic E-state index is 0.729. The van der Waals surface area contributed by atoms with Gasteiger partial charge >= 0.3 is 0 Å². The lowest BCUT2D eigenvalue weighted by molar-refractivity contribution is 1.23. The third-order valence-corrected chi connectivity index (χ3v) is 7.94. The third-order valence-electron chi connectivity index (χ3n) is 7.94. The second-order valence-electron chi connectivity index (χ2n) is 10.5. The summed E-state index contributed by atoms with van der Waals surface area (Å²) >= 11 is 0. The van der Waals surface area contributed by atoms with Crippen molar-refractivity contribution in [3.8, 4) is 44.9 Å². The maximum absolute atomic E-state index is 5.01. The SMILES string of the molecule is c1ccc(-c2nc(-c3ccc(-c4ccc(-c5ccc6c(c5)ncc5ccccc56)cc4)cc3)nc3ccccc23)cc1. The summed E-state index contributed by atoms with van der Waals surface area (Å²) in [5, 5.41) is 4.63. The standard InChI is InChI=1S/C39H25N3/c1-2-8-29(9-3-1)38-35-12-6-7-13-36(35)41-39(42-38)30-20-18-27(19-21-30)26-14-16-28(17-15-26)31-22-23-34-33-11-5-4-10-32(33)25-40-37(34)24-31/h1-25H. The molecular weight excluding hydrogens is 510 g/mol. The number of nitrogens with zero attached hydrogens (tertiary/aromatic N) is 3. The van der Waals surface area contributed by atoms with Crippen molar-refractivity contribution in [2.24, 2.45) is 0 Å². The molecule has 0 saturated heterocycles. The van der Waals surface area contributed by atoms with Crippen LogP contribution in [0.3, 0.4) is 0 Å². The van der Waals surface area contributed by atoms with Gasteiger partial charge in [-0.15, -0.1) is 0 Å². The molecule has 42 heavy (non-hydrogen) atoms. The first-order valence-corrected chi connectivity index (χ1v) is 14.1. The lowest BCUT2D eigenvalue weighted by Gasteiger charge is -2.10. The molecule has 196 valence electrons. The molecule has 8 aromatic rings. The predicted molar refractivity (Wildman–Crippen MR) is 174 cm³/mol. The van der Waals surface area contributed by atoms with Crippen molar-refractivity contribution < 1.29 is 0 Å². The lowest BCUT2D eigenvalue weighted by atomic mass is 9.98. The fraction of sp³-hybridized carbons (Fsp3) is 0. The summed E-state index contributed by atoms with van der Waals surface area (Å²) in [5.74, 6) is 0.729. The van der Waals surface area contributed by atoms with E-state index in [1.165, 1.54) is 21.9 Å². The van der Waals surface area contributed by atoms with E-state index in [0.717, 1.165) is 55.6 Å². The zero-order valence-corrected chi connectivity index (χ0v) is 22.8. The van der Waals surface area contributed by atoms with Crippen LogP contribution in [0.25, 0.3) is 77.5 Å². The summed E-state index contributed by atoms with van der Waals surface area (Å²) in [7, 11) is 0. The van der Waals surface area contributed by atoms with Gasteiger partial charge in [0.1, 0.15) is 0 Å². The van der Waals surface area contributed by atoms with Crippen molar-refractivity contribution in [2.75, 3.05) is 0 Å². The predicted octanol–water partition coefficient (Wildman–Crippen LogP) is 10.00. The largest absolute Gasteiger partial charge is 0.256 e. The smallest absolute Gasteiger partial charge is 0.160 e. The monoisotopic (exact) mass is 535 g/mol. The molecule has 6 aromatic carbocycles. The van der Waals surface area contributed by atoms with E-state index in [-0.39, 0.29) is 0 Å². The molecule has 0 radical (unpaired) electrons. The molecule has 0 aliphatic carbocycles. The van der Waals surface area contributed by atoms with Gasteiger partial charge in [-0.3, -0.25) is 4.98 Å². The molecule has 0 amide bonds. The Morgan fingerprint density at radius 3 is 1.71 bits per heavy atom. The second-order valence-corrected chi connectivity index (χ2v) is 10.5. The maximum atomic E-state index is 5.01. The molecule has 0 saturated carbocycles. The van der Waals surface area contributed by atoms with Gasteiger partial charge < -0.3 is 0 Å². The van der Waals surface area contributed by atoms with E-state index in [1.807, 2.05) is 36.5 Å². The third kappa shape index (κ3) is 4.29. The van der Waals surface area contributed by atoms with Crippen LogP contribution < -0.4 is 0 Å². The quantitative estimate of drug-likeness (QED) is 0.211. The van der Waals surface area contributed by atoms with Gasteiger partial charge in [0.2, 0.25) is 0 Å². The van der Waals surface area contributed by atoms with E-state index in [0.29, 0.717) is 0 Å². The van der Waals surface area contributed by atoms with Crippen LogP contribution in [-0.4, -0.2) is 15.0 Å². The summed E-state index contributed by atoms with van der Waals surface area (Å²) in [6.07, 6.45) is 1.96. The molecule has 0 N–H and O–H groups in total. The first-order chi connectivity index (χ1) is 20.8. The number of pyridine rings is 1. The van der Waals surface area contributed by atoms with Gasteiger partial charge in [0.15, 0.2) is 5.82 Å². The molecular formula is C39H25N3. The average molecular weight is 536 g/mol. The van der Waals surface area contributed by atoms with Crippen molar-refractivity contribution in [3.63, 3.8) is 0 Å². The van der Waals surface area contributed by atoms with Gasteiger partial charge in [-0.05, 0) is 39.8 Å². The molecule has 2 heterocycles. The Morgan fingerprint density at radius 2 is 0.952 bits per heavy atom. The molecule has 0 aliphatic rings. The highest BCUT2D eigenvalue weighted by atomic mass is 14.9. The Morgan fingerprint density at radius 1 is 0.357 bits per heavy atom. The normalized spacial score (nSPS) is 11.3. The molecule has 0 aliphatic heterocycles. The van der Waals surface area contributed by atoms with Gasteiger partial charge in [-0.1, -0.05) is 133 Å². The Hall–Kier alpha value is -5.67. The number of rotatable bonds is 4. The van der Waals surface area contributed by atoms with E-state index >= 15 is 0 Å². The van der Waals surface area contributed by atoms with E-state index in [2.05, 4.69) is 115 Å². The molecule has 8 rings (SSSR count). The topological polar surface area (TPSA) is 38.7 Å². The fourth-order valence-electron chi connectivity index (χ4n) is 5.73. The average Bonchev–Trinajstić information content (AvgIpc) is 3.08. The lowest BCUT2D eigenvalue weighted by Crippen LogP contribution is -1.95. The Labute approximate surface area is 243 Å². The van der Waals surface area contributed by atoms with Crippen LogP contribution in [0.4, 0.5) is 0 Å². The molecule has 0 fully saturated rings. The fourth-order valence-corrected chi connectivity index (χ4v) is 5.73. The summed E-state index contributed by atoms with van der Waals surface area (Å²) < 4.78 is 0. The summed E-state index contributed by atoms with van der Waals surface area (Å²) in [5.41, 5.74) is 9.64.